The van der Waals surface area contributed by atoms with Crippen LogP contribution in [0.1, 0.15) is 67.7 Å². The number of ether oxygens (including phenoxy) is 1. The Morgan fingerprint density at radius 2 is 1.44 bits per heavy atom. The number of allylic oxidation sites excluding steroid dienone is 5. The van der Waals surface area contributed by atoms with Gasteiger partial charge >= 0.3 is 0 Å². The summed E-state index contributed by atoms with van der Waals surface area (Å²) >= 11 is 0. The number of hydrogen-bond acceptors (Lipinski definition) is 2. The molecule has 2 nitrogen and oxygen atoms in total. The Morgan fingerprint density at radius 3 is 2.31 bits per heavy atom. The predicted octanol–water partition coefficient (Wildman–Crippen LogP) is 10.8. The summed E-state index contributed by atoms with van der Waals surface area (Å²) in [6.07, 6.45) is 15.9. The van der Waals surface area contributed by atoms with Gasteiger partial charge in [0, 0.05) is 29.8 Å². The van der Waals surface area contributed by atoms with E-state index >= 15 is 0 Å². The molecule has 298 valence electrons. The third kappa shape index (κ3) is 2.92. The highest BCUT2D eigenvalue weighted by molar-refractivity contribution is 5.57. The fraction of sp³-hybridized carbons (Fsp3) is 0.649. The Labute approximate surface area is 350 Å². The molecule has 59 heavy (non-hydrogen) atoms. The minimum absolute atomic E-state index is 0.414. The van der Waals surface area contributed by atoms with Crippen LogP contribution in [0.5, 0.6) is 5.75 Å². The van der Waals surface area contributed by atoms with Crippen LogP contribution >= 0.6 is 0 Å². The van der Waals surface area contributed by atoms with Gasteiger partial charge in [-0.2, -0.15) is 0 Å². The van der Waals surface area contributed by atoms with Gasteiger partial charge in [0.15, 0.2) is 0 Å². The molecule has 2 heteroatoms. The van der Waals surface area contributed by atoms with E-state index < -0.39 is 0 Å². The average molecular weight is 774 g/mol. The van der Waals surface area contributed by atoms with E-state index in [1.807, 2.05) is 6.08 Å². The van der Waals surface area contributed by atoms with Gasteiger partial charge in [-0.15, -0.1) is 0 Å². The summed E-state index contributed by atoms with van der Waals surface area (Å²) in [7, 11) is 2.59. The second-order valence-corrected chi connectivity index (χ2v) is 25.5. The Kier molecular flexibility index (Phi) is 4.95. The molecule has 1 aliphatic heterocycles. The summed E-state index contributed by atoms with van der Waals surface area (Å²) in [4.78, 5) is 2.96. The van der Waals surface area contributed by atoms with Crippen molar-refractivity contribution >= 4 is 6.08 Å². The van der Waals surface area contributed by atoms with Gasteiger partial charge < -0.3 is 4.74 Å². The van der Waals surface area contributed by atoms with Crippen LogP contribution in [0.15, 0.2) is 89.1 Å². The molecule has 1 spiro atoms. The van der Waals surface area contributed by atoms with Gasteiger partial charge in [0.25, 0.3) is 0 Å². The lowest BCUT2D eigenvalue weighted by Gasteiger charge is -2.62. The molecule has 2 aromatic rings. The Balaban J connectivity index is 0.819. The lowest BCUT2D eigenvalue weighted by molar-refractivity contribution is -0.147. The molecule has 13 fully saturated rings. The second kappa shape index (κ2) is 9.41. The molecule has 0 amide bonds. The zero-order valence-electron chi connectivity index (χ0n) is 34.7. The van der Waals surface area contributed by atoms with Crippen LogP contribution in [0.4, 0.5) is 0 Å². The minimum Gasteiger partial charge on any atom is -0.489 e. The smallest absolute Gasteiger partial charge is 0.119 e. The Hall–Kier alpha value is -2.84. The largest absolute Gasteiger partial charge is 0.489 e. The van der Waals surface area contributed by atoms with Crippen molar-refractivity contribution in [1.29, 1.82) is 0 Å². The molecule has 16 aliphatic carbocycles. The van der Waals surface area contributed by atoms with Gasteiger partial charge in [-0.05, 0) is 217 Å². The molecule has 0 bridgehead atoms. The van der Waals surface area contributed by atoms with E-state index in [0.29, 0.717) is 18.1 Å². The van der Waals surface area contributed by atoms with Crippen LogP contribution in [-0.4, -0.2) is 18.5 Å². The first-order valence-electron chi connectivity index (χ1n) is 25.4. The number of nitrogens with zero attached hydrogens (tertiary/aromatic N) is 1. The molecule has 0 aromatic heterocycles. The lowest BCUT2D eigenvalue weighted by atomic mass is 9.41. The Bertz CT molecular complexity index is 2510. The number of fused-ring (bicyclic) bond motifs is 1. The number of rotatable bonds is 5. The van der Waals surface area contributed by atoms with Crippen molar-refractivity contribution in [2.75, 3.05) is 13.6 Å². The van der Waals surface area contributed by atoms with Crippen molar-refractivity contribution in [2.45, 2.75) is 57.6 Å². The van der Waals surface area contributed by atoms with E-state index in [1.165, 1.54) is 36.9 Å². The predicted molar refractivity (Wildman–Crippen MR) is 227 cm³/mol. The van der Waals surface area contributed by atoms with Crippen molar-refractivity contribution in [1.82, 2.24) is 4.90 Å². The zero-order chi connectivity index (χ0) is 37.4. The van der Waals surface area contributed by atoms with E-state index in [1.54, 1.807) is 31.2 Å². The van der Waals surface area contributed by atoms with Crippen molar-refractivity contribution in [3.05, 3.63) is 106 Å². The molecule has 27 atom stereocenters. The third-order valence-corrected chi connectivity index (χ3v) is 25.4. The van der Waals surface area contributed by atoms with Crippen LogP contribution < -0.4 is 4.74 Å². The third-order valence-electron chi connectivity index (χ3n) is 25.4. The molecule has 1 saturated heterocycles. The van der Waals surface area contributed by atoms with E-state index in [2.05, 4.69) is 101 Å². The topological polar surface area (TPSA) is 12.5 Å². The normalized spacial score (nSPS) is 61.2. The van der Waals surface area contributed by atoms with Crippen molar-refractivity contribution in [3.8, 4) is 5.75 Å². The highest BCUT2D eigenvalue weighted by Gasteiger charge is 2.88. The minimum atomic E-state index is 0.414. The summed E-state index contributed by atoms with van der Waals surface area (Å²) in [5.74, 6) is 26.9. The Morgan fingerprint density at radius 1 is 0.695 bits per heavy atom. The van der Waals surface area contributed by atoms with Crippen molar-refractivity contribution < 1.29 is 4.74 Å². The van der Waals surface area contributed by atoms with Gasteiger partial charge in [0.05, 0.1) is 0 Å². The summed E-state index contributed by atoms with van der Waals surface area (Å²) in [5.41, 5.74) is 15.1. The zero-order valence-corrected chi connectivity index (χ0v) is 34.7. The van der Waals surface area contributed by atoms with Crippen molar-refractivity contribution in [2.24, 2.45) is 153 Å². The summed E-state index contributed by atoms with van der Waals surface area (Å²) in [5, 5.41) is 0. The summed E-state index contributed by atoms with van der Waals surface area (Å²) < 4.78 is 6.49. The van der Waals surface area contributed by atoms with Crippen LogP contribution in [0.25, 0.3) is 6.08 Å². The highest BCUT2D eigenvalue weighted by atomic mass is 16.5. The quantitative estimate of drug-likeness (QED) is 0.281. The van der Waals surface area contributed by atoms with Crippen LogP contribution in [0.3, 0.4) is 0 Å². The summed E-state index contributed by atoms with van der Waals surface area (Å²) in [6, 6.07) is 19.1. The first-order chi connectivity index (χ1) is 29.1. The molecule has 27 unspecified atom stereocenters. The molecule has 1 heterocycles. The second-order valence-electron chi connectivity index (χ2n) is 25.5. The van der Waals surface area contributed by atoms with E-state index in [0.717, 1.165) is 154 Å². The lowest BCUT2D eigenvalue weighted by Crippen LogP contribution is -2.59. The van der Waals surface area contributed by atoms with Gasteiger partial charge in [-0.1, -0.05) is 83.0 Å². The monoisotopic (exact) mass is 773 g/mol. The molecular formula is C57H59NO. The molecule has 2 aromatic carbocycles. The van der Waals surface area contributed by atoms with E-state index in [-0.39, 0.29) is 0 Å². The fourth-order valence-electron chi connectivity index (χ4n) is 26.1. The van der Waals surface area contributed by atoms with Gasteiger partial charge in [0.1, 0.15) is 12.4 Å². The highest BCUT2D eigenvalue weighted by Crippen LogP contribution is 2.93. The molecule has 0 radical (unpaired) electrons. The average Bonchev–Trinajstić information content (AvgIpc) is 4.11. The maximum atomic E-state index is 6.49. The molecule has 12 saturated carbocycles. The molecule has 0 N–H and O–H groups in total. The summed E-state index contributed by atoms with van der Waals surface area (Å²) in [6.45, 7) is 5.88. The number of hydrogen-bond donors (Lipinski definition) is 0. The first kappa shape index (κ1) is 31.1. The van der Waals surface area contributed by atoms with Crippen LogP contribution in [-0.2, 0) is 6.61 Å². The van der Waals surface area contributed by atoms with Crippen LogP contribution in [0, 0.1) is 153 Å². The molecule has 17 aliphatic rings. The standard InChI is InChI=1S/C57H59NO/c1-3-22-4-6-23(7-5-22)21-59-32-10-8-24(9-11-32)56-57-19-31-17-29-15-26-12-25-13-28-14-27-16-30-18-33(34(57)20-58(56)2)42-47-38(30)37(27)44-39(28)43-35(25)36(26)45-40(29)46-41(31)55(57)54(42)53-51(46)49(45)48(43)50(44)52(47)53/h3-11,13,25-27,29,31,34-37,39-41,43-56H,1,12,14-21H2,2H3. The fourth-order valence-corrected chi connectivity index (χ4v) is 26.1. The van der Waals surface area contributed by atoms with Gasteiger partial charge in [-0.3, -0.25) is 4.90 Å². The number of benzene rings is 2. The maximum Gasteiger partial charge on any atom is 0.119 e. The molecular weight excluding hydrogens is 715 g/mol. The van der Waals surface area contributed by atoms with Gasteiger partial charge in [-0.25, -0.2) is 0 Å². The van der Waals surface area contributed by atoms with Crippen molar-refractivity contribution in [3.63, 3.8) is 0 Å². The molecule has 19 rings (SSSR count). The van der Waals surface area contributed by atoms with Crippen LogP contribution in [0.2, 0.25) is 0 Å². The maximum absolute atomic E-state index is 6.49. The SMILES string of the molecule is C=Cc1ccc(COc2ccc(C3N(C)CC4C5=C6C7C8=C(C5)CC5CC9=CC%10CC%11CC%12CC%13CC43C3C6C4C7C6C(C85)C9C5C%10C%11C7C%12C(C4C7C56)C%133)cc2)cc1. The van der Waals surface area contributed by atoms with E-state index in [9.17, 15) is 0 Å². The first-order valence-corrected chi connectivity index (χ1v) is 25.4. The van der Waals surface area contributed by atoms with E-state index in [4.69, 9.17) is 4.74 Å². The number of likely N-dealkylation sites (tertiary alicyclic amines) is 1. The van der Waals surface area contributed by atoms with Gasteiger partial charge in [0.2, 0.25) is 0 Å².